The minimum Gasteiger partial charge on any atom is -0.312 e. The minimum absolute atomic E-state index is 0.0290. The molecule has 0 amide bonds. The Labute approximate surface area is 126 Å². The summed E-state index contributed by atoms with van der Waals surface area (Å²) < 4.78 is 28.3. The smallest absolute Gasteiger partial charge is 0.126 e. The molecule has 3 aromatic rings. The third-order valence-corrected chi connectivity index (χ3v) is 4.80. The predicted octanol–water partition coefficient (Wildman–Crippen LogP) is 4.68. The third-order valence-electron chi connectivity index (χ3n) is 3.57. The molecule has 1 aromatic heterocycles. The molecule has 2 aromatic carbocycles. The van der Waals surface area contributed by atoms with E-state index in [9.17, 15) is 8.78 Å². The normalized spacial score (nSPS) is 12.7. The summed E-state index contributed by atoms with van der Waals surface area (Å²) in [6.07, 6.45) is 0.424. The van der Waals surface area contributed by atoms with E-state index >= 15 is 0 Å². The Kier molecular flexibility index (Phi) is 3.99. The summed E-state index contributed by atoms with van der Waals surface area (Å²) in [5, 5.41) is 4.37. The molecule has 21 heavy (non-hydrogen) atoms. The van der Waals surface area contributed by atoms with E-state index in [4.69, 9.17) is 0 Å². The van der Waals surface area contributed by atoms with Gasteiger partial charge in [-0.25, -0.2) is 8.78 Å². The molecule has 1 nitrogen and oxygen atoms in total. The van der Waals surface area contributed by atoms with Crippen molar-refractivity contribution in [2.45, 2.75) is 12.5 Å². The number of halogens is 2. The Morgan fingerprint density at radius 3 is 2.67 bits per heavy atom. The van der Waals surface area contributed by atoms with Gasteiger partial charge in [-0.15, -0.1) is 11.3 Å². The van der Waals surface area contributed by atoms with Crippen LogP contribution < -0.4 is 5.32 Å². The maximum Gasteiger partial charge on any atom is 0.126 e. The lowest BCUT2D eigenvalue weighted by Gasteiger charge is -2.15. The lowest BCUT2D eigenvalue weighted by Crippen LogP contribution is -2.18. The van der Waals surface area contributed by atoms with Crippen molar-refractivity contribution in [1.82, 2.24) is 5.32 Å². The summed E-state index contributed by atoms with van der Waals surface area (Å²) >= 11 is 1.68. The Morgan fingerprint density at radius 1 is 1.10 bits per heavy atom. The third kappa shape index (κ3) is 2.96. The monoisotopic (exact) mass is 303 g/mol. The highest BCUT2D eigenvalue weighted by Gasteiger charge is 2.16. The van der Waals surface area contributed by atoms with E-state index in [1.807, 2.05) is 19.2 Å². The second kappa shape index (κ2) is 5.92. The lowest BCUT2D eigenvalue weighted by atomic mass is 10.0. The van der Waals surface area contributed by atoms with Crippen LogP contribution in [0.1, 0.15) is 16.5 Å². The fourth-order valence-corrected chi connectivity index (χ4v) is 3.61. The average molecular weight is 303 g/mol. The summed E-state index contributed by atoms with van der Waals surface area (Å²) in [4.78, 5) is 1.13. The van der Waals surface area contributed by atoms with Gasteiger partial charge in [0.1, 0.15) is 11.6 Å². The maximum absolute atomic E-state index is 13.8. The molecule has 0 aliphatic rings. The Balaban J connectivity index is 1.92. The zero-order valence-electron chi connectivity index (χ0n) is 11.6. The largest absolute Gasteiger partial charge is 0.312 e. The SMILES string of the molecule is CNC(Cc1cc(F)ccc1F)c1cc2ccccc2s1. The van der Waals surface area contributed by atoms with Crippen LogP contribution in [0, 0.1) is 11.6 Å². The molecule has 0 saturated heterocycles. The Hall–Kier alpha value is -1.78. The molecule has 0 radical (unpaired) electrons. The minimum atomic E-state index is -0.405. The molecule has 0 saturated carbocycles. The molecule has 1 atom stereocenters. The second-order valence-electron chi connectivity index (χ2n) is 4.97. The molecular formula is C17H15F2NS. The molecular weight excluding hydrogens is 288 g/mol. The molecule has 0 aliphatic heterocycles. The predicted molar refractivity (Wildman–Crippen MR) is 83.7 cm³/mol. The molecule has 1 heterocycles. The van der Waals surface area contributed by atoms with E-state index in [1.165, 1.54) is 22.2 Å². The van der Waals surface area contributed by atoms with Gasteiger partial charge in [0.2, 0.25) is 0 Å². The van der Waals surface area contributed by atoms with Crippen molar-refractivity contribution in [2.24, 2.45) is 0 Å². The number of fused-ring (bicyclic) bond motifs is 1. The zero-order chi connectivity index (χ0) is 14.8. The molecule has 0 bridgehead atoms. The van der Waals surface area contributed by atoms with E-state index in [1.54, 1.807) is 11.3 Å². The fraction of sp³-hybridized carbons (Fsp3) is 0.176. The highest BCUT2D eigenvalue weighted by atomic mass is 32.1. The van der Waals surface area contributed by atoms with E-state index < -0.39 is 5.82 Å². The Morgan fingerprint density at radius 2 is 1.90 bits per heavy atom. The summed E-state index contributed by atoms with van der Waals surface area (Å²) in [5.41, 5.74) is 0.395. The number of nitrogens with one attached hydrogen (secondary N) is 1. The van der Waals surface area contributed by atoms with Crippen molar-refractivity contribution in [2.75, 3.05) is 7.05 Å². The van der Waals surface area contributed by atoms with Gasteiger partial charge in [0, 0.05) is 15.6 Å². The van der Waals surface area contributed by atoms with Gasteiger partial charge in [0.05, 0.1) is 0 Å². The molecule has 4 heteroatoms. The van der Waals surface area contributed by atoms with Gasteiger partial charge < -0.3 is 5.32 Å². The first-order valence-corrected chi connectivity index (χ1v) is 7.58. The molecule has 3 rings (SSSR count). The average Bonchev–Trinajstić information content (AvgIpc) is 2.91. The first-order chi connectivity index (χ1) is 10.2. The Bertz CT molecular complexity index is 733. The first kappa shape index (κ1) is 14.2. The van der Waals surface area contributed by atoms with E-state index in [0.29, 0.717) is 12.0 Å². The van der Waals surface area contributed by atoms with Crippen LogP contribution in [0.5, 0.6) is 0 Å². The quantitative estimate of drug-likeness (QED) is 0.738. The highest BCUT2D eigenvalue weighted by Crippen LogP contribution is 2.31. The standard InChI is InChI=1S/C17H15F2NS/c1-20-15(9-12-8-13(18)6-7-14(12)19)17-10-11-4-2-3-5-16(11)21-17/h2-8,10,15,20H,9H2,1H3. The van der Waals surface area contributed by atoms with Gasteiger partial charge >= 0.3 is 0 Å². The van der Waals surface area contributed by atoms with Crippen molar-refractivity contribution >= 4 is 21.4 Å². The van der Waals surface area contributed by atoms with Crippen molar-refractivity contribution in [1.29, 1.82) is 0 Å². The zero-order valence-corrected chi connectivity index (χ0v) is 12.4. The highest BCUT2D eigenvalue weighted by molar-refractivity contribution is 7.19. The van der Waals surface area contributed by atoms with Gasteiger partial charge in [-0.3, -0.25) is 0 Å². The summed E-state index contributed by atoms with van der Waals surface area (Å²) in [6.45, 7) is 0. The number of hydrogen-bond acceptors (Lipinski definition) is 2. The van der Waals surface area contributed by atoms with Crippen LogP contribution in [0.4, 0.5) is 8.78 Å². The number of thiophene rings is 1. The van der Waals surface area contributed by atoms with Gasteiger partial charge in [-0.05, 0) is 54.8 Å². The second-order valence-corrected chi connectivity index (χ2v) is 6.08. The number of likely N-dealkylation sites (N-methyl/N-ethyl adjacent to an activating group) is 1. The van der Waals surface area contributed by atoms with Gasteiger partial charge in [0.25, 0.3) is 0 Å². The number of hydrogen-bond donors (Lipinski definition) is 1. The van der Waals surface area contributed by atoms with Crippen LogP contribution in [0.2, 0.25) is 0 Å². The van der Waals surface area contributed by atoms with Crippen LogP contribution in [0.3, 0.4) is 0 Å². The van der Waals surface area contributed by atoms with E-state index in [-0.39, 0.29) is 11.9 Å². The maximum atomic E-state index is 13.8. The van der Waals surface area contributed by atoms with Gasteiger partial charge in [0.15, 0.2) is 0 Å². The lowest BCUT2D eigenvalue weighted by molar-refractivity contribution is 0.548. The van der Waals surface area contributed by atoms with Crippen LogP contribution in [-0.4, -0.2) is 7.05 Å². The fourth-order valence-electron chi connectivity index (χ4n) is 2.44. The molecule has 1 unspecified atom stereocenters. The van der Waals surface area contributed by atoms with Crippen LogP contribution in [0.15, 0.2) is 48.5 Å². The van der Waals surface area contributed by atoms with Crippen LogP contribution >= 0.6 is 11.3 Å². The van der Waals surface area contributed by atoms with Crippen LogP contribution in [-0.2, 0) is 6.42 Å². The topological polar surface area (TPSA) is 12.0 Å². The van der Waals surface area contributed by atoms with Crippen molar-refractivity contribution in [3.8, 4) is 0 Å². The molecule has 0 aliphatic carbocycles. The van der Waals surface area contributed by atoms with E-state index in [0.717, 1.165) is 10.9 Å². The van der Waals surface area contributed by atoms with Crippen molar-refractivity contribution in [3.63, 3.8) is 0 Å². The van der Waals surface area contributed by atoms with E-state index in [2.05, 4.69) is 23.5 Å². The molecule has 108 valence electrons. The summed E-state index contributed by atoms with van der Waals surface area (Å²) in [6, 6.07) is 13.8. The van der Waals surface area contributed by atoms with Gasteiger partial charge in [-0.2, -0.15) is 0 Å². The molecule has 1 N–H and O–H groups in total. The molecule has 0 fully saturated rings. The number of rotatable bonds is 4. The van der Waals surface area contributed by atoms with Crippen molar-refractivity contribution in [3.05, 3.63) is 70.6 Å². The van der Waals surface area contributed by atoms with Gasteiger partial charge in [-0.1, -0.05) is 18.2 Å². The van der Waals surface area contributed by atoms with Crippen molar-refractivity contribution < 1.29 is 8.78 Å². The molecule has 0 spiro atoms. The van der Waals surface area contributed by atoms with Crippen LogP contribution in [0.25, 0.3) is 10.1 Å². The summed E-state index contributed by atoms with van der Waals surface area (Å²) in [5.74, 6) is -0.768. The number of benzene rings is 2. The summed E-state index contributed by atoms with van der Waals surface area (Å²) in [7, 11) is 1.84. The first-order valence-electron chi connectivity index (χ1n) is 6.77.